The van der Waals surface area contributed by atoms with Crippen molar-refractivity contribution in [2.45, 2.75) is 148 Å². The van der Waals surface area contributed by atoms with Gasteiger partial charge in [0.1, 0.15) is 6.10 Å². The van der Waals surface area contributed by atoms with Crippen molar-refractivity contribution in [2.24, 2.45) is 17.8 Å². The molecule has 2 aliphatic rings. The number of carboxylic acid groups (broad SMARTS) is 1. The van der Waals surface area contributed by atoms with Crippen LogP contribution in [0.4, 0.5) is 0 Å². The molecule has 0 aromatic heterocycles. The van der Waals surface area contributed by atoms with Crippen molar-refractivity contribution in [3.8, 4) is 0 Å². The van der Waals surface area contributed by atoms with Gasteiger partial charge in [-0.15, -0.1) is 0 Å². The maximum atomic E-state index is 12.8. The SMILES string of the molecule is CCCCC[C@@H](O[Si](C)(C)C(C)(C)C)C(C[C@H]1[C@H]2CC(=O)O[C@H]2C[C@H]1O[Si](C)(C)C(C)(C)C)C(=O)O. The summed E-state index contributed by atoms with van der Waals surface area (Å²) in [6.07, 6.45) is 4.79. The summed E-state index contributed by atoms with van der Waals surface area (Å²) < 4.78 is 19.4. The van der Waals surface area contributed by atoms with Crippen LogP contribution in [0.5, 0.6) is 0 Å². The Hall–Kier alpha value is -0.706. The molecule has 1 N–H and O–H groups in total. The van der Waals surface area contributed by atoms with Crippen LogP contribution in [0.3, 0.4) is 0 Å². The summed E-state index contributed by atoms with van der Waals surface area (Å²) in [7, 11) is -4.26. The minimum Gasteiger partial charge on any atom is -0.481 e. The third-order valence-corrected chi connectivity index (χ3v) is 18.6. The molecule has 1 saturated carbocycles. The Morgan fingerprint density at radius 3 is 2.14 bits per heavy atom. The standard InChI is InChI=1S/C28H54O6Si2/c1-12-13-14-15-22(33-35(8,9)27(2,3)4)21(26(30)31)16-19-20-17-25(29)32-23(20)18-24(19)34-36(10,11)28(5,6)7/h19-24H,12-18H2,1-11H3,(H,30,31)/t19-,20+,21?,22+,23-,24+/m0/s1. The zero-order valence-corrected chi connectivity index (χ0v) is 26.9. The van der Waals surface area contributed by atoms with E-state index in [4.69, 9.17) is 13.6 Å². The summed E-state index contributed by atoms with van der Waals surface area (Å²) in [5.74, 6) is -1.58. The van der Waals surface area contributed by atoms with Gasteiger partial charge in [0.05, 0.1) is 24.5 Å². The van der Waals surface area contributed by atoms with E-state index in [1.165, 1.54) is 0 Å². The van der Waals surface area contributed by atoms with Gasteiger partial charge in [-0.05, 0) is 55.0 Å². The summed E-state index contributed by atoms with van der Waals surface area (Å²) in [6, 6.07) is 0. The molecule has 0 amide bonds. The minimum atomic E-state index is -2.18. The Kier molecular flexibility index (Phi) is 10.1. The predicted octanol–water partition coefficient (Wildman–Crippen LogP) is 7.39. The monoisotopic (exact) mass is 542 g/mol. The highest BCUT2D eigenvalue weighted by atomic mass is 28.4. The van der Waals surface area contributed by atoms with Gasteiger partial charge >= 0.3 is 11.9 Å². The van der Waals surface area contributed by atoms with E-state index in [0.717, 1.165) is 25.7 Å². The number of aliphatic carboxylic acids is 1. The fourth-order valence-electron chi connectivity index (χ4n) is 5.17. The van der Waals surface area contributed by atoms with E-state index >= 15 is 0 Å². The highest BCUT2D eigenvalue weighted by Gasteiger charge is 2.54. The molecule has 6 nitrogen and oxygen atoms in total. The van der Waals surface area contributed by atoms with E-state index in [1.807, 2.05) is 0 Å². The van der Waals surface area contributed by atoms with Gasteiger partial charge in [-0.2, -0.15) is 0 Å². The van der Waals surface area contributed by atoms with Crippen molar-refractivity contribution in [3.63, 3.8) is 0 Å². The maximum Gasteiger partial charge on any atom is 0.309 e. The van der Waals surface area contributed by atoms with Crippen LogP contribution >= 0.6 is 0 Å². The maximum absolute atomic E-state index is 12.8. The second-order valence-corrected chi connectivity index (χ2v) is 23.8. The molecule has 1 heterocycles. The zero-order chi connectivity index (χ0) is 27.7. The smallest absolute Gasteiger partial charge is 0.309 e. The van der Waals surface area contributed by atoms with Gasteiger partial charge in [-0.3, -0.25) is 9.59 Å². The molecule has 1 saturated heterocycles. The van der Waals surface area contributed by atoms with Crippen molar-refractivity contribution in [1.82, 2.24) is 0 Å². The Balaban J connectivity index is 2.37. The van der Waals surface area contributed by atoms with E-state index < -0.39 is 28.5 Å². The quantitative estimate of drug-likeness (QED) is 0.157. The third kappa shape index (κ3) is 7.44. The van der Waals surface area contributed by atoms with Crippen LogP contribution in [0.2, 0.25) is 36.3 Å². The molecule has 1 aliphatic carbocycles. The second-order valence-electron chi connectivity index (χ2n) is 14.3. The normalized spacial score (nSPS) is 27.0. The van der Waals surface area contributed by atoms with Gasteiger partial charge < -0.3 is 18.7 Å². The third-order valence-electron chi connectivity index (χ3n) is 9.54. The van der Waals surface area contributed by atoms with Crippen LogP contribution < -0.4 is 0 Å². The molecular weight excluding hydrogens is 488 g/mol. The molecule has 0 radical (unpaired) electrons. The molecule has 0 aromatic carbocycles. The number of rotatable bonds is 12. The molecule has 2 rings (SSSR count). The van der Waals surface area contributed by atoms with Crippen LogP contribution in [-0.2, 0) is 23.2 Å². The molecule has 6 atom stereocenters. The van der Waals surface area contributed by atoms with Gasteiger partial charge in [0.15, 0.2) is 16.6 Å². The molecule has 0 aromatic rings. The van der Waals surface area contributed by atoms with Gasteiger partial charge in [0.2, 0.25) is 0 Å². The van der Waals surface area contributed by atoms with Crippen molar-refractivity contribution >= 4 is 28.6 Å². The fourth-order valence-corrected chi connectivity index (χ4v) is 7.95. The van der Waals surface area contributed by atoms with Crippen molar-refractivity contribution in [2.75, 3.05) is 0 Å². The van der Waals surface area contributed by atoms with Gasteiger partial charge in [-0.25, -0.2) is 0 Å². The summed E-state index contributed by atoms with van der Waals surface area (Å²) in [5, 5.41) is 10.6. The lowest BCUT2D eigenvalue weighted by molar-refractivity contribution is -0.147. The van der Waals surface area contributed by atoms with Crippen LogP contribution in [0.15, 0.2) is 0 Å². The lowest BCUT2D eigenvalue weighted by Gasteiger charge is -2.42. The largest absolute Gasteiger partial charge is 0.481 e. The van der Waals surface area contributed by atoms with E-state index in [-0.39, 0.29) is 46.2 Å². The first-order valence-electron chi connectivity index (χ1n) is 14.1. The first kappa shape index (κ1) is 31.5. The molecule has 0 spiro atoms. The summed E-state index contributed by atoms with van der Waals surface area (Å²) in [5.41, 5.74) is 0. The Morgan fingerprint density at radius 2 is 1.64 bits per heavy atom. The molecule has 210 valence electrons. The number of unbranched alkanes of at least 4 members (excludes halogenated alkanes) is 2. The molecule has 1 aliphatic heterocycles. The molecule has 8 heteroatoms. The Morgan fingerprint density at radius 1 is 1.06 bits per heavy atom. The van der Waals surface area contributed by atoms with Crippen LogP contribution in [0, 0.1) is 17.8 Å². The lowest BCUT2D eigenvalue weighted by Crippen LogP contribution is -2.48. The second kappa shape index (κ2) is 11.6. The number of ether oxygens (including phenoxy) is 1. The topological polar surface area (TPSA) is 82.1 Å². The highest BCUT2D eigenvalue weighted by molar-refractivity contribution is 6.74. The van der Waals surface area contributed by atoms with Crippen LogP contribution in [0.1, 0.15) is 93.4 Å². The average Bonchev–Trinajstić information content (AvgIpc) is 3.18. The van der Waals surface area contributed by atoms with Gasteiger partial charge in [0, 0.05) is 12.3 Å². The first-order chi connectivity index (χ1) is 16.3. The van der Waals surface area contributed by atoms with Crippen LogP contribution in [0.25, 0.3) is 0 Å². The lowest BCUT2D eigenvalue weighted by atomic mass is 9.81. The van der Waals surface area contributed by atoms with E-state index in [2.05, 4.69) is 74.7 Å². The van der Waals surface area contributed by atoms with E-state index in [9.17, 15) is 14.7 Å². The average molecular weight is 543 g/mol. The number of hydrogen-bond donors (Lipinski definition) is 1. The molecule has 36 heavy (non-hydrogen) atoms. The van der Waals surface area contributed by atoms with E-state index in [0.29, 0.717) is 19.3 Å². The minimum absolute atomic E-state index is 0.00277. The van der Waals surface area contributed by atoms with Gasteiger partial charge in [-0.1, -0.05) is 67.7 Å². The predicted molar refractivity (Wildman–Crippen MR) is 150 cm³/mol. The highest BCUT2D eigenvalue weighted by Crippen LogP contribution is 2.49. The number of esters is 1. The number of carbonyl (C=O) groups excluding carboxylic acids is 1. The summed E-state index contributed by atoms with van der Waals surface area (Å²) in [4.78, 5) is 25.0. The first-order valence-corrected chi connectivity index (χ1v) is 19.9. The molecular formula is C28H54O6Si2. The number of carbonyl (C=O) groups is 2. The van der Waals surface area contributed by atoms with E-state index in [1.54, 1.807) is 0 Å². The number of fused-ring (bicyclic) bond motifs is 1. The van der Waals surface area contributed by atoms with Crippen molar-refractivity contribution < 1.29 is 28.3 Å². The number of carboxylic acids is 1. The van der Waals surface area contributed by atoms with Gasteiger partial charge in [0.25, 0.3) is 0 Å². The Bertz CT molecular complexity index is 767. The molecule has 2 fully saturated rings. The summed E-state index contributed by atoms with van der Waals surface area (Å²) in [6.45, 7) is 24.3. The van der Waals surface area contributed by atoms with Crippen LogP contribution in [-0.4, -0.2) is 52.0 Å². The molecule has 0 bridgehead atoms. The zero-order valence-electron chi connectivity index (χ0n) is 24.9. The fraction of sp³-hybridized carbons (Fsp3) is 0.929. The number of hydrogen-bond acceptors (Lipinski definition) is 5. The molecule has 1 unspecified atom stereocenters. The Labute approximate surface area is 222 Å². The summed E-state index contributed by atoms with van der Waals surface area (Å²) >= 11 is 0. The van der Waals surface area contributed by atoms with Crippen molar-refractivity contribution in [3.05, 3.63) is 0 Å². The van der Waals surface area contributed by atoms with Crippen molar-refractivity contribution in [1.29, 1.82) is 0 Å².